The molecule has 0 atom stereocenters. The van der Waals surface area contributed by atoms with Crippen molar-refractivity contribution >= 4 is 15.7 Å². The van der Waals surface area contributed by atoms with E-state index in [1.165, 1.54) is 7.11 Å². The second kappa shape index (κ2) is 6.92. The first-order chi connectivity index (χ1) is 9.24. The van der Waals surface area contributed by atoms with Crippen LogP contribution in [0.25, 0.3) is 0 Å². The van der Waals surface area contributed by atoms with Gasteiger partial charge in [-0.2, -0.15) is 0 Å². The molecule has 1 aromatic carbocycles. The second-order valence-corrected chi connectivity index (χ2v) is 6.95. The summed E-state index contributed by atoms with van der Waals surface area (Å²) in [4.78, 5) is 0. The Balaban J connectivity index is 2.40. The van der Waals surface area contributed by atoms with Crippen LogP contribution in [0.5, 0.6) is 5.75 Å². The number of nitrogens with two attached hydrogens (primary N) is 1. The van der Waals surface area contributed by atoms with Crippen molar-refractivity contribution in [1.82, 2.24) is 4.72 Å². The number of hydrogen-bond donors (Lipinski definition) is 2. The molecule has 0 saturated heterocycles. The van der Waals surface area contributed by atoms with Crippen LogP contribution in [0.1, 0.15) is 13.8 Å². The van der Waals surface area contributed by atoms with E-state index in [0.717, 1.165) is 0 Å². The van der Waals surface area contributed by atoms with Crippen LogP contribution in [0.4, 0.5) is 5.69 Å². The summed E-state index contributed by atoms with van der Waals surface area (Å²) in [5.41, 5.74) is 5.64. The van der Waals surface area contributed by atoms with Crippen molar-refractivity contribution in [2.24, 2.45) is 0 Å². The summed E-state index contributed by atoms with van der Waals surface area (Å²) < 4.78 is 36.5. The maximum atomic E-state index is 11.8. The molecule has 0 aliphatic carbocycles. The van der Waals surface area contributed by atoms with Gasteiger partial charge in [0.15, 0.2) is 0 Å². The third-order valence-electron chi connectivity index (χ3n) is 2.75. The Kier molecular flexibility index (Phi) is 5.79. The molecule has 0 aromatic heterocycles. The Morgan fingerprint density at radius 1 is 1.35 bits per heavy atom. The molecular formula is C13H22N2O4S. The molecule has 0 aliphatic rings. The zero-order valence-corrected chi connectivity index (χ0v) is 12.9. The Labute approximate surface area is 120 Å². The van der Waals surface area contributed by atoms with Gasteiger partial charge in [0.05, 0.1) is 11.4 Å². The number of anilines is 1. The largest absolute Gasteiger partial charge is 0.492 e. The quantitative estimate of drug-likeness (QED) is 0.699. The van der Waals surface area contributed by atoms with E-state index in [4.69, 9.17) is 15.2 Å². The van der Waals surface area contributed by atoms with Gasteiger partial charge in [-0.1, -0.05) is 6.07 Å². The molecule has 0 amide bonds. The lowest BCUT2D eigenvalue weighted by Crippen LogP contribution is -2.41. The van der Waals surface area contributed by atoms with Gasteiger partial charge < -0.3 is 15.2 Å². The second-order valence-electron chi connectivity index (χ2n) is 5.02. The molecule has 0 radical (unpaired) electrons. The van der Waals surface area contributed by atoms with Gasteiger partial charge in [-0.15, -0.1) is 0 Å². The van der Waals surface area contributed by atoms with Gasteiger partial charge in [-0.25, -0.2) is 13.1 Å². The molecule has 0 bridgehead atoms. The molecule has 114 valence electrons. The Morgan fingerprint density at radius 2 is 2.05 bits per heavy atom. The fourth-order valence-corrected chi connectivity index (χ4v) is 2.32. The van der Waals surface area contributed by atoms with E-state index in [1.807, 2.05) is 0 Å². The standard InChI is InChI=1S/C13H22N2O4S/c1-13(2,18-3)10-15-20(16,17)8-7-19-12-6-4-5-11(14)9-12/h4-6,9,15H,7-8,10,14H2,1-3H3. The van der Waals surface area contributed by atoms with Crippen LogP contribution in [-0.2, 0) is 14.8 Å². The SMILES string of the molecule is COC(C)(C)CNS(=O)(=O)CCOc1cccc(N)c1. The monoisotopic (exact) mass is 302 g/mol. The first kappa shape index (κ1) is 16.7. The van der Waals surface area contributed by atoms with Gasteiger partial charge in [-0.3, -0.25) is 0 Å². The third-order valence-corrected chi connectivity index (χ3v) is 4.04. The molecule has 7 heteroatoms. The highest BCUT2D eigenvalue weighted by atomic mass is 32.2. The molecule has 0 saturated carbocycles. The van der Waals surface area contributed by atoms with Crippen molar-refractivity contribution in [3.05, 3.63) is 24.3 Å². The van der Waals surface area contributed by atoms with Crippen molar-refractivity contribution in [2.45, 2.75) is 19.4 Å². The molecule has 0 spiro atoms. The summed E-state index contributed by atoms with van der Waals surface area (Å²) in [7, 11) is -1.85. The Morgan fingerprint density at radius 3 is 2.65 bits per heavy atom. The van der Waals surface area contributed by atoms with Crippen LogP contribution in [0, 0.1) is 0 Å². The smallest absolute Gasteiger partial charge is 0.215 e. The van der Waals surface area contributed by atoms with Gasteiger partial charge in [0.25, 0.3) is 0 Å². The van der Waals surface area contributed by atoms with Crippen LogP contribution in [0.15, 0.2) is 24.3 Å². The van der Waals surface area contributed by atoms with E-state index in [9.17, 15) is 8.42 Å². The minimum absolute atomic E-state index is 0.0617. The molecule has 20 heavy (non-hydrogen) atoms. The van der Waals surface area contributed by atoms with E-state index >= 15 is 0 Å². The first-order valence-corrected chi connectivity index (χ1v) is 7.90. The highest BCUT2D eigenvalue weighted by molar-refractivity contribution is 7.89. The van der Waals surface area contributed by atoms with Crippen molar-refractivity contribution in [3.8, 4) is 5.75 Å². The minimum Gasteiger partial charge on any atom is -0.492 e. The topological polar surface area (TPSA) is 90.6 Å². The number of hydrogen-bond acceptors (Lipinski definition) is 5. The van der Waals surface area contributed by atoms with E-state index < -0.39 is 15.6 Å². The number of benzene rings is 1. The zero-order valence-electron chi connectivity index (χ0n) is 12.0. The average molecular weight is 302 g/mol. The molecule has 3 N–H and O–H groups in total. The highest BCUT2D eigenvalue weighted by Gasteiger charge is 2.20. The zero-order chi connectivity index (χ0) is 15.2. The number of rotatable bonds is 8. The van der Waals surface area contributed by atoms with Gasteiger partial charge >= 0.3 is 0 Å². The van der Waals surface area contributed by atoms with Crippen molar-refractivity contribution < 1.29 is 17.9 Å². The molecule has 1 aromatic rings. The summed E-state index contributed by atoms with van der Waals surface area (Å²) in [6, 6.07) is 6.86. The van der Waals surface area contributed by atoms with Crippen molar-refractivity contribution in [3.63, 3.8) is 0 Å². The molecular weight excluding hydrogens is 280 g/mol. The normalized spacial score (nSPS) is 12.3. The van der Waals surface area contributed by atoms with Gasteiger partial charge in [-0.05, 0) is 26.0 Å². The molecule has 1 rings (SSSR count). The number of methoxy groups -OCH3 is 1. The van der Waals surface area contributed by atoms with Crippen LogP contribution < -0.4 is 15.2 Å². The Bertz CT molecular complexity index is 529. The lowest BCUT2D eigenvalue weighted by atomic mass is 10.1. The molecule has 0 aliphatic heterocycles. The third kappa shape index (κ3) is 6.23. The van der Waals surface area contributed by atoms with Gasteiger partial charge in [0.1, 0.15) is 12.4 Å². The Hall–Kier alpha value is -1.31. The van der Waals surface area contributed by atoms with Crippen LogP contribution >= 0.6 is 0 Å². The molecule has 0 fully saturated rings. The number of nitrogens with one attached hydrogen (secondary N) is 1. The van der Waals surface area contributed by atoms with Crippen LogP contribution in [0.2, 0.25) is 0 Å². The summed E-state index contributed by atoms with van der Waals surface area (Å²) in [6.45, 7) is 3.88. The number of ether oxygens (including phenoxy) is 2. The predicted octanol–water partition coefficient (Wildman–Crippen LogP) is 0.992. The van der Waals surface area contributed by atoms with Crippen molar-refractivity contribution in [1.29, 1.82) is 0 Å². The fourth-order valence-electron chi connectivity index (χ4n) is 1.30. The first-order valence-electron chi connectivity index (χ1n) is 6.25. The predicted molar refractivity (Wildman–Crippen MR) is 79.2 cm³/mol. The number of nitrogen functional groups attached to an aromatic ring is 1. The van der Waals surface area contributed by atoms with E-state index in [0.29, 0.717) is 11.4 Å². The maximum absolute atomic E-state index is 11.8. The summed E-state index contributed by atoms with van der Waals surface area (Å²) in [5, 5.41) is 0. The van der Waals surface area contributed by atoms with E-state index in [-0.39, 0.29) is 18.9 Å². The number of sulfonamides is 1. The maximum Gasteiger partial charge on any atom is 0.215 e. The minimum atomic E-state index is -3.39. The van der Waals surface area contributed by atoms with Crippen LogP contribution in [0.3, 0.4) is 0 Å². The van der Waals surface area contributed by atoms with Crippen molar-refractivity contribution in [2.75, 3.05) is 31.7 Å². The van der Waals surface area contributed by atoms with Gasteiger partial charge in [0, 0.05) is 25.4 Å². The average Bonchev–Trinajstić information content (AvgIpc) is 2.37. The lowest BCUT2D eigenvalue weighted by molar-refractivity contribution is 0.0276. The fraction of sp³-hybridized carbons (Fsp3) is 0.538. The summed E-state index contributed by atoms with van der Waals surface area (Å²) in [5.74, 6) is 0.430. The van der Waals surface area contributed by atoms with Gasteiger partial charge in [0.2, 0.25) is 10.0 Å². The summed E-state index contributed by atoms with van der Waals surface area (Å²) >= 11 is 0. The summed E-state index contributed by atoms with van der Waals surface area (Å²) in [6.07, 6.45) is 0. The molecule has 0 heterocycles. The highest BCUT2D eigenvalue weighted by Crippen LogP contribution is 2.14. The van der Waals surface area contributed by atoms with E-state index in [2.05, 4.69) is 4.72 Å². The molecule has 6 nitrogen and oxygen atoms in total. The van der Waals surface area contributed by atoms with Crippen LogP contribution in [-0.4, -0.2) is 40.0 Å². The molecule has 0 unspecified atom stereocenters. The lowest BCUT2D eigenvalue weighted by Gasteiger charge is -2.23. The van der Waals surface area contributed by atoms with E-state index in [1.54, 1.807) is 38.1 Å².